The highest BCUT2D eigenvalue weighted by atomic mass is 35.5. The minimum absolute atomic E-state index is 0.412. The fraction of sp³-hybridized carbons (Fsp3) is 0.308. The van der Waals surface area contributed by atoms with Gasteiger partial charge in [-0.1, -0.05) is 29.3 Å². The van der Waals surface area contributed by atoms with Crippen LogP contribution in [0.1, 0.15) is 32.8 Å². The maximum Gasteiger partial charge on any atom is 0.407 e. The van der Waals surface area contributed by atoms with E-state index in [9.17, 15) is 4.79 Å². The molecule has 0 bridgehead atoms. The third-order valence-corrected chi connectivity index (χ3v) is 4.98. The molecule has 1 heterocycles. The number of rotatable bonds is 8. The van der Waals surface area contributed by atoms with E-state index in [1.807, 2.05) is 64.1 Å². The lowest BCUT2D eigenvalue weighted by atomic mass is 10.0. The van der Waals surface area contributed by atoms with E-state index in [0.717, 1.165) is 28.9 Å². The quantitative estimate of drug-likeness (QED) is 0.313. The third-order valence-electron chi connectivity index (χ3n) is 4.55. The summed E-state index contributed by atoms with van der Waals surface area (Å²) in [5.41, 5.74) is 2.43. The van der Waals surface area contributed by atoms with E-state index in [0.29, 0.717) is 34.6 Å². The number of aromatic nitrogens is 1. The summed E-state index contributed by atoms with van der Waals surface area (Å²) >= 11 is 12.3. The average molecular weight is 502 g/mol. The van der Waals surface area contributed by atoms with Crippen molar-refractivity contribution in [3.05, 3.63) is 70.3 Å². The zero-order valence-electron chi connectivity index (χ0n) is 19.7. The molecule has 0 unspecified atom stereocenters. The lowest BCUT2D eigenvalue weighted by molar-refractivity contribution is 0.0528. The molecule has 1 aromatic heterocycles. The first-order valence-corrected chi connectivity index (χ1v) is 11.8. The molecule has 8 heteroatoms. The second kappa shape index (κ2) is 11.4. The predicted octanol–water partition coefficient (Wildman–Crippen LogP) is 7.48. The maximum absolute atomic E-state index is 11.6. The molecule has 3 rings (SSSR count). The number of halogens is 2. The summed E-state index contributed by atoms with van der Waals surface area (Å²) in [6.45, 7) is 8.68. The van der Waals surface area contributed by atoms with E-state index in [1.54, 1.807) is 12.3 Å². The number of ether oxygens (including phenoxy) is 2. The van der Waals surface area contributed by atoms with Crippen LogP contribution < -0.4 is 15.4 Å². The molecule has 0 aliphatic rings. The van der Waals surface area contributed by atoms with Crippen molar-refractivity contribution in [1.29, 1.82) is 0 Å². The molecule has 0 fully saturated rings. The van der Waals surface area contributed by atoms with Crippen LogP contribution in [0.15, 0.2) is 54.7 Å². The first-order valence-electron chi connectivity index (χ1n) is 11.0. The molecule has 3 aromatic rings. The molecule has 1 amide bonds. The van der Waals surface area contributed by atoms with E-state index >= 15 is 0 Å². The highest BCUT2D eigenvalue weighted by molar-refractivity contribution is 6.35. The van der Waals surface area contributed by atoms with Crippen LogP contribution in [-0.2, 0) is 4.74 Å². The summed E-state index contributed by atoms with van der Waals surface area (Å²) in [5.74, 6) is 2.04. The molecule has 2 N–H and O–H groups in total. The van der Waals surface area contributed by atoms with Gasteiger partial charge < -0.3 is 20.1 Å². The van der Waals surface area contributed by atoms with Crippen molar-refractivity contribution in [1.82, 2.24) is 10.3 Å². The molecule has 6 nitrogen and oxygen atoms in total. The van der Waals surface area contributed by atoms with E-state index in [2.05, 4.69) is 21.7 Å². The van der Waals surface area contributed by atoms with Gasteiger partial charge in [0.2, 0.25) is 0 Å². The van der Waals surface area contributed by atoms with Crippen LogP contribution in [0, 0.1) is 6.92 Å². The van der Waals surface area contributed by atoms with E-state index in [4.69, 9.17) is 32.7 Å². The largest absolute Gasteiger partial charge is 0.456 e. The second-order valence-corrected chi connectivity index (χ2v) is 9.76. The van der Waals surface area contributed by atoms with Crippen LogP contribution >= 0.6 is 23.2 Å². The first kappa shape index (κ1) is 25.7. The third kappa shape index (κ3) is 8.43. The zero-order chi connectivity index (χ0) is 24.7. The van der Waals surface area contributed by atoms with Crippen molar-refractivity contribution < 1.29 is 14.3 Å². The highest BCUT2D eigenvalue weighted by Gasteiger charge is 2.15. The molecule has 0 saturated heterocycles. The zero-order valence-corrected chi connectivity index (χ0v) is 21.3. The fourth-order valence-corrected chi connectivity index (χ4v) is 3.71. The smallest absolute Gasteiger partial charge is 0.407 e. The van der Waals surface area contributed by atoms with Gasteiger partial charge in [-0.2, -0.15) is 0 Å². The Balaban J connectivity index is 1.53. The topological polar surface area (TPSA) is 72.5 Å². The molecule has 180 valence electrons. The molecule has 34 heavy (non-hydrogen) atoms. The molecular formula is C26H29Cl2N3O3. The maximum atomic E-state index is 11.6. The minimum atomic E-state index is -0.501. The first-order chi connectivity index (χ1) is 16.1. The molecule has 0 aliphatic heterocycles. The number of hydrogen-bond donors (Lipinski definition) is 2. The Morgan fingerprint density at radius 3 is 2.29 bits per heavy atom. The average Bonchev–Trinajstić information content (AvgIpc) is 2.72. The predicted molar refractivity (Wildman–Crippen MR) is 138 cm³/mol. The van der Waals surface area contributed by atoms with Crippen molar-refractivity contribution >= 4 is 35.1 Å². The SMILES string of the molecule is Cc1cc(Oc2ccc(NCCCNC(=O)OC(C)(C)C)nc2)cc(-c2cc(Cl)cc(Cl)c2)c1. The number of nitrogens with one attached hydrogen (secondary N) is 2. The summed E-state index contributed by atoms with van der Waals surface area (Å²) in [6.07, 6.45) is 1.99. The van der Waals surface area contributed by atoms with Gasteiger partial charge in [-0.15, -0.1) is 0 Å². The van der Waals surface area contributed by atoms with Gasteiger partial charge >= 0.3 is 6.09 Å². The standard InChI is InChI=1S/C26H29Cl2N3O3/c1-17-10-18(19-12-20(27)15-21(28)13-19)14-23(11-17)33-22-6-7-24(31-16-22)29-8-5-9-30-25(32)34-26(2,3)4/h6-7,10-16H,5,8-9H2,1-4H3,(H,29,31)(H,30,32). The molecule has 0 radical (unpaired) electrons. The number of carbonyl (C=O) groups is 1. The Bertz CT molecular complexity index is 1110. The lowest BCUT2D eigenvalue weighted by Gasteiger charge is -2.19. The Morgan fingerprint density at radius 1 is 0.941 bits per heavy atom. The normalized spacial score (nSPS) is 11.1. The number of pyridine rings is 1. The molecule has 2 aromatic carbocycles. The van der Waals surface area contributed by atoms with Crippen LogP contribution in [0.25, 0.3) is 11.1 Å². The monoisotopic (exact) mass is 501 g/mol. The van der Waals surface area contributed by atoms with Gasteiger partial charge in [-0.25, -0.2) is 9.78 Å². The molecule has 0 aliphatic carbocycles. The number of carbonyl (C=O) groups excluding carboxylic acids is 1. The van der Waals surface area contributed by atoms with Crippen LogP contribution in [0.2, 0.25) is 10.0 Å². The summed E-state index contributed by atoms with van der Waals surface area (Å²) in [4.78, 5) is 16.0. The summed E-state index contributed by atoms with van der Waals surface area (Å²) < 4.78 is 11.2. The number of aryl methyl sites for hydroxylation is 1. The van der Waals surface area contributed by atoms with Crippen molar-refractivity contribution in [3.63, 3.8) is 0 Å². The number of amides is 1. The van der Waals surface area contributed by atoms with E-state index in [1.165, 1.54) is 0 Å². The van der Waals surface area contributed by atoms with E-state index in [-0.39, 0.29) is 0 Å². The summed E-state index contributed by atoms with van der Waals surface area (Å²) in [5, 5.41) is 7.12. The summed E-state index contributed by atoms with van der Waals surface area (Å²) in [6, 6.07) is 15.1. The van der Waals surface area contributed by atoms with Gasteiger partial charge in [0.25, 0.3) is 0 Å². The van der Waals surface area contributed by atoms with Gasteiger partial charge in [0.05, 0.1) is 6.20 Å². The second-order valence-electron chi connectivity index (χ2n) is 8.88. The number of hydrogen-bond acceptors (Lipinski definition) is 5. The Hall–Kier alpha value is -2.96. The number of alkyl carbamates (subject to hydrolysis) is 1. The summed E-state index contributed by atoms with van der Waals surface area (Å²) in [7, 11) is 0. The molecule has 0 saturated carbocycles. The Labute approximate surface area is 210 Å². The van der Waals surface area contributed by atoms with Crippen LogP contribution in [0.5, 0.6) is 11.5 Å². The van der Waals surface area contributed by atoms with E-state index < -0.39 is 11.7 Å². The van der Waals surface area contributed by atoms with Gasteiger partial charge in [-0.3, -0.25) is 0 Å². The minimum Gasteiger partial charge on any atom is -0.456 e. The van der Waals surface area contributed by atoms with Crippen molar-refractivity contribution in [2.75, 3.05) is 18.4 Å². The highest BCUT2D eigenvalue weighted by Crippen LogP contribution is 2.32. The van der Waals surface area contributed by atoms with Gasteiger partial charge in [0.15, 0.2) is 0 Å². The lowest BCUT2D eigenvalue weighted by Crippen LogP contribution is -2.33. The van der Waals surface area contributed by atoms with Gasteiger partial charge in [0, 0.05) is 23.1 Å². The Kier molecular flexibility index (Phi) is 8.64. The molecular weight excluding hydrogens is 473 g/mol. The van der Waals surface area contributed by atoms with Crippen LogP contribution in [-0.4, -0.2) is 29.8 Å². The van der Waals surface area contributed by atoms with Crippen molar-refractivity contribution in [2.24, 2.45) is 0 Å². The van der Waals surface area contributed by atoms with Crippen LogP contribution in [0.3, 0.4) is 0 Å². The number of nitrogens with zero attached hydrogens (tertiary/aromatic N) is 1. The number of anilines is 1. The van der Waals surface area contributed by atoms with Crippen LogP contribution in [0.4, 0.5) is 10.6 Å². The fourth-order valence-electron chi connectivity index (χ4n) is 3.18. The molecule has 0 atom stereocenters. The van der Waals surface area contributed by atoms with Gasteiger partial charge in [-0.05, 0) is 93.3 Å². The van der Waals surface area contributed by atoms with Crippen molar-refractivity contribution in [3.8, 4) is 22.6 Å². The Morgan fingerprint density at radius 2 is 1.65 bits per heavy atom. The van der Waals surface area contributed by atoms with Crippen molar-refractivity contribution in [2.45, 2.75) is 39.7 Å². The molecule has 0 spiro atoms. The van der Waals surface area contributed by atoms with Gasteiger partial charge in [0.1, 0.15) is 22.9 Å². The number of benzene rings is 2.